The third-order valence-corrected chi connectivity index (χ3v) is 5.01. The summed E-state index contributed by atoms with van der Waals surface area (Å²) < 4.78 is 16.9. The van der Waals surface area contributed by atoms with Crippen LogP contribution in [0.4, 0.5) is 4.39 Å². The number of carbonyl (C=O) groups is 1. The van der Waals surface area contributed by atoms with E-state index in [1.165, 1.54) is 0 Å². The lowest BCUT2D eigenvalue weighted by Gasteiger charge is -2.09. The van der Waals surface area contributed by atoms with Gasteiger partial charge in [-0.3, -0.25) is 0 Å². The number of halogens is 1. The van der Waals surface area contributed by atoms with Crippen molar-refractivity contribution >= 4 is 28.2 Å². The molecule has 0 bridgehead atoms. The Morgan fingerprint density at radius 3 is 2.71 bits per heavy atom. The second-order valence-electron chi connectivity index (χ2n) is 5.72. The highest BCUT2D eigenvalue weighted by atomic mass is 32.1. The zero-order chi connectivity index (χ0) is 17.6. The van der Waals surface area contributed by atoms with E-state index >= 15 is 4.39 Å². The molecule has 2 aromatic heterocycles. The van der Waals surface area contributed by atoms with Gasteiger partial charge in [-0.05, 0) is 32.9 Å². The molecule has 1 aromatic carbocycles. The molecular weight excluding hydrogens is 329 g/mol. The molecule has 0 fully saturated rings. The molecule has 3 rings (SSSR count). The second kappa shape index (κ2) is 5.73. The predicted molar refractivity (Wildman–Crippen MR) is 89.8 cm³/mol. The minimum Gasteiger partial charge on any atom is -0.477 e. The van der Waals surface area contributed by atoms with Crippen LogP contribution in [-0.2, 0) is 0 Å². The highest BCUT2D eigenvalue weighted by Crippen LogP contribution is 2.35. The molecule has 1 N–H and O–H groups in total. The molecule has 0 saturated carbocycles. The summed E-state index contributed by atoms with van der Waals surface area (Å²) in [4.78, 5) is 15.4. The molecule has 3 aromatic rings. The van der Waals surface area contributed by atoms with Gasteiger partial charge in [-0.25, -0.2) is 14.2 Å². The molecule has 0 amide bonds. The Balaban J connectivity index is 2.28. The number of carboxylic acids is 1. The van der Waals surface area contributed by atoms with Crippen molar-refractivity contribution < 1.29 is 14.3 Å². The van der Waals surface area contributed by atoms with Crippen molar-refractivity contribution in [3.8, 4) is 16.6 Å². The summed E-state index contributed by atoms with van der Waals surface area (Å²) in [7, 11) is 0. The Hall–Kier alpha value is -2.72. The van der Waals surface area contributed by atoms with E-state index < -0.39 is 11.8 Å². The van der Waals surface area contributed by atoms with Crippen molar-refractivity contribution in [3.05, 3.63) is 40.3 Å². The Labute approximate surface area is 141 Å². The molecule has 0 saturated heterocycles. The third kappa shape index (κ3) is 2.36. The van der Waals surface area contributed by atoms with Crippen LogP contribution < -0.4 is 0 Å². The molecule has 122 valence electrons. The SMILES string of the molecule is Cc1nc(-c2ccc3c(c(C#N)cn3C(C)C)c2F)sc1C(=O)O. The van der Waals surface area contributed by atoms with E-state index in [4.69, 9.17) is 5.11 Å². The molecule has 0 aliphatic heterocycles. The van der Waals surface area contributed by atoms with Crippen LogP contribution in [0, 0.1) is 24.1 Å². The van der Waals surface area contributed by atoms with Crippen LogP contribution in [0.1, 0.15) is 40.8 Å². The summed E-state index contributed by atoms with van der Waals surface area (Å²) in [6.45, 7) is 5.49. The van der Waals surface area contributed by atoms with E-state index in [2.05, 4.69) is 4.98 Å². The average Bonchev–Trinajstić information content (AvgIpc) is 3.08. The maximum absolute atomic E-state index is 15.1. The summed E-state index contributed by atoms with van der Waals surface area (Å²) in [5.74, 6) is -1.63. The minimum absolute atomic E-state index is 0.0839. The molecular formula is C17H14FN3O2S. The summed E-state index contributed by atoms with van der Waals surface area (Å²) in [5.41, 5.74) is 1.45. The number of nitriles is 1. The predicted octanol–water partition coefficient (Wildman–Crippen LogP) is 4.36. The number of aromatic nitrogens is 2. The van der Waals surface area contributed by atoms with Crippen LogP contribution in [0.5, 0.6) is 0 Å². The van der Waals surface area contributed by atoms with Gasteiger partial charge in [0, 0.05) is 17.8 Å². The summed E-state index contributed by atoms with van der Waals surface area (Å²) in [5, 5.41) is 19.0. The molecule has 7 heteroatoms. The lowest BCUT2D eigenvalue weighted by Crippen LogP contribution is -1.98. The van der Waals surface area contributed by atoms with E-state index in [-0.39, 0.29) is 27.4 Å². The van der Waals surface area contributed by atoms with E-state index in [0.717, 1.165) is 11.3 Å². The monoisotopic (exact) mass is 343 g/mol. The van der Waals surface area contributed by atoms with E-state index in [9.17, 15) is 10.1 Å². The molecule has 0 aliphatic carbocycles. The first kappa shape index (κ1) is 16.1. The first-order valence-electron chi connectivity index (χ1n) is 7.29. The molecule has 0 spiro atoms. The molecule has 24 heavy (non-hydrogen) atoms. The largest absolute Gasteiger partial charge is 0.477 e. The zero-order valence-electron chi connectivity index (χ0n) is 13.3. The van der Waals surface area contributed by atoms with Crippen LogP contribution in [0.15, 0.2) is 18.3 Å². The van der Waals surface area contributed by atoms with Gasteiger partial charge in [-0.15, -0.1) is 11.3 Å². The molecule has 2 heterocycles. The van der Waals surface area contributed by atoms with Gasteiger partial charge in [0.2, 0.25) is 0 Å². The number of rotatable bonds is 3. The maximum atomic E-state index is 15.1. The fourth-order valence-corrected chi connectivity index (χ4v) is 3.62. The molecule has 0 aliphatic rings. The molecule has 5 nitrogen and oxygen atoms in total. The zero-order valence-corrected chi connectivity index (χ0v) is 14.1. The van der Waals surface area contributed by atoms with E-state index in [1.807, 2.05) is 24.5 Å². The summed E-state index contributed by atoms with van der Waals surface area (Å²) in [6, 6.07) is 5.44. The summed E-state index contributed by atoms with van der Waals surface area (Å²) >= 11 is 0.930. The standard InChI is InChI=1S/C17H14FN3O2S/c1-8(2)21-7-10(6-19)13-12(21)5-4-11(14(13)18)16-20-9(3)15(24-16)17(22)23/h4-5,7-8H,1-3H3,(H,22,23). The van der Waals surface area contributed by atoms with Crippen molar-refractivity contribution in [1.82, 2.24) is 9.55 Å². The van der Waals surface area contributed by atoms with Crippen LogP contribution in [0.25, 0.3) is 21.5 Å². The van der Waals surface area contributed by atoms with Crippen LogP contribution in [0.2, 0.25) is 0 Å². The van der Waals surface area contributed by atoms with Gasteiger partial charge in [-0.1, -0.05) is 0 Å². The molecule has 0 radical (unpaired) electrons. The number of aromatic carboxylic acids is 1. The number of hydrogen-bond donors (Lipinski definition) is 1. The van der Waals surface area contributed by atoms with E-state index in [1.54, 1.807) is 25.3 Å². The van der Waals surface area contributed by atoms with Crippen LogP contribution >= 0.6 is 11.3 Å². The van der Waals surface area contributed by atoms with Gasteiger partial charge in [0.05, 0.1) is 22.2 Å². The number of nitrogens with zero attached hydrogens (tertiary/aromatic N) is 3. The number of hydrogen-bond acceptors (Lipinski definition) is 4. The van der Waals surface area contributed by atoms with Crippen molar-refractivity contribution in [2.24, 2.45) is 0 Å². The Bertz CT molecular complexity index is 1010. The van der Waals surface area contributed by atoms with Gasteiger partial charge >= 0.3 is 5.97 Å². The summed E-state index contributed by atoms with van der Waals surface area (Å²) in [6.07, 6.45) is 1.64. The van der Waals surface area contributed by atoms with Gasteiger partial charge in [0.1, 0.15) is 21.8 Å². The molecule has 0 unspecified atom stereocenters. The van der Waals surface area contributed by atoms with Crippen molar-refractivity contribution in [3.63, 3.8) is 0 Å². The lowest BCUT2D eigenvalue weighted by atomic mass is 10.1. The minimum atomic E-state index is -1.08. The highest BCUT2D eigenvalue weighted by Gasteiger charge is 2.21. The van der Waals surface area contributed by atoms with Gasteiger partial charge in [-0.2, -0.15) is 5.26 Å². The second-order valence-corrected chi connectivity index (χ2v) is 6.71. The number of aryl methyl sites for hydroxylation is 1. The van der Waals surface area contributed by atoms with Crippen molar-refractivity contribution in [2.75, 3.05) is 0 Å². The number of thiazole rings is 1. The van der Waals surface area contributed by atoms with Crippen molar-refractivity contribution in [2.45, 2.75) is 26.8 Å². The fraction of sp³-hybridized carbons (Fsp3) is 0.235. The van der Waals surface area contributed by atoms with Crippen molar-refractivity contribution in [1.29, 1.82) is 5.26 Å². The normalized spacial score (nSPS) is 11.2. The topological polar surface area (TPSA) is 78.9 Å². The van der Waals surface area contributed by atoms with Gasteiger partial charge < -0.3 is 9.67 Å². The van der Waals surface area contributed by atoms with Crippen LogP contribution in [-0.4, -0.2) is 20.6 Å². The Morgan fingerprint density at radius 2 is 2.17 bits per heavy atom. The average molecular weight is 343 g/mol. The number of carboxylic acid groups (broad SMARTS) is 1. The number of benzene rings is 1. The lowest BCUT2D eigenvalue weighted by molar-refractivity contribution is 0.0701. The third-order valence-electron chi connectivity index (χ3n) is 3.83. The smallest absolute Gasteiger partial charge is 0.347 e. The Kier molecular flexibility index (Phi) is 3.85. The number of fused-ring (bicyclic) bond motifs is 1. The van der Waals surface area contributed by atoms with Gasteiger partial charge in [0.15, 0.2) is 0 Å². The first-order chi connectivity index (χ1) is 11.3. The maximum Gasteiger partial charge on any atom is 0.347 e. The Morgan fingerprint density at radius 1 is 1.46 bits per heavy atom. The highest BCUT2D eigenvalue weighted by molar-refractivity contribution is 7.17. The quantitative estimate of drug-likeness (QED) is 0.766. The first-order valence-corrected chi connectivity index (χ1v) is 8.11. The molecule has 0 atom stereocenters. The fourth-order valence-electron chi connectivity index (χ4n) is 2.70. The van der Waals surface area contributed by atoms with E-state index in [0.29, 0.717) is 16.2 Å². The van der Waals surface area contributed by atoms with Crippen LogP contribution in [0.3, 0.4) is 0 Å². The van der Waals surface area contributed by atoms with Gasteiger partial charge in [0.25, 0.3) is 0 Å².